The maximum absolute atomic E-state index is 11.4. The zero-order chi connectivity index (χ0) is 13.0. The molecule has 3 heteroatoms. The van der Waals surface area contributed by atoms with Crippen LogP contribution < -0.4 is 10.1 Å². The van der Waals surface area contributed by atoms with Crippen LogP contribution in [0.25, 0.3) is 0 Å². The molecule has 2 rings (SSSR count). The number of allylic oxidation sites excluding steroid dienone is 2. The van der Waals surface area contributed by atoms with Crippen molar-refractivity contribution in [2.75, 3.05) is 0 Å². The Balaban J connectivity index is 2.28. The van der Waals surface area contributed by atoms with E-state index in [9.17, 15) is 4.79 Å². The fourth-order valence-electron chi connectivity index (χ4n) is 2.02. The highest BCUT2D eigenvalue weighted by Gasteiger charge is 2.29. The molecule has 0 radical (unpaired) electrons. The van der Waals surface area contributed by atoms with Crippen molar-refractivity contribution in [3.05, 3.63) is 54.1 Å². The van der Waals surface area contributed by atoms with Gasteiger partial charge in [0.15, 0.2) is 0 Å². The lowest BCUT2D eigenvalue weighted by Gasteiger charge is -2.32. The summed E-state index contributed by atoms with van der Waals surface area (Å²) in [7, 11) is 0. The minimum Gasteiger partial charge on any atom is -0.461 e. The van der Waals surface area contributed by atoms with Gasteiger partial charge in [-0.05, 0) is 37.6 Å². The summed E-state index contributed by atoms with van der Waals surface area (Å²) < 4.78 is 5.93. The molecule has 1 amide bonds. The fourth-order valence-corrected chi connectivity index (χ4v) is 2.02. The van der Waals surface area contributed by atoms with Gasteiger partial charge in [0, 0.05) is 6.92 Å². The van der Waals surface area contributed by atoms with Crippen LogP contribution in [0.3, 0.4) is 0 Å². The molecule has 0 aromatic heterocycles. The van der Waals surface area contributed by atoms with Crippen LogP contribution in [-0.4, -0.2) is 11.6 Å². The van der Waals surface area contributed by atoms with E-state index >= 15 is 0 Å². The molecule has 0 saturated carbocycles. The second kappa shape index (κ2) is 5.08. The second-order valence-electron chi connectivity index (χ2n) is 4.49. The molecular weight excluding hydrogens is 226 g/mol. The van der Waals surface area contributed by atoms with E-state index in [-0.39, 0.29) is 5.91 Å². The summed E-state index contributed by atoms with van der Waals surface area (Å²) in [5, 5.41) is 2.85. The highest BCUT2D eigenvalue weighted by molar-refractivity contribution is 5.74. The fraction of sp³-hybridized carbons (Fsp3) is 0.267. The first kappa shape index (κ1) is 12.4. The third-order valence-electron chi connectivity index (χ3n) is 2.67. The highest BCUT2D eigenvalue weighted by Crippen LogP contribution is 2.24. The highest BCUT2D eigenvalue weighted by atomic mass is 16.5. The number of rotatable bonds is 3. The van der Waals surface area contributed by atoms with Crippen molar-refractivity contribution < 1.29 is 9.53 Å². The van der Waals surface area contributed by atoms with Gasteiger partial charge in [0.1, 0.15) is 5.75 Å². The van der Waals surface area contributed by atoms with Crippen LogP contribution in [0.5, 0.6) is 5.75 Å². The molecule has 1 aliphatic rings. The first-order valence-electron chi connectivity index (χ1n) is 5.98. The molecule has 0 aliphatic heterocycles. The molecular formula is C15H17NO2. The van der Waals surface area contributed by atoms with Gasteiger partial charge >= 0.3 is 0 Å². The van der Waals surface area contributed by atoms with Crippen LogP contribution in [0.1, 0.15) is 20.3 Å². The van der Waals surface area contributed by atoms with Crippen molar-refractivity contribution in [1.82, 2.24) is 5.32 Å². The summed E-state index contributed by atoms with van der Waals surface area (Å²) >= 11 is 0. The van der Waals surface area contributed by atoms with Crippen molar-refractivity contribution in [1.29, 1.82) is 0 Å². The van der Waals surface area contributed by atoms with E-state index in [2.05, 4.69) is 5.32 Å². The Bertz CT molecular complexity index is 490. The molecule has 0 fully saturated rings. The predicted molar refractivity (Wildman–Crippen MR) is 71.1 cm³/mol. The number of ether oxygens (including phenoxy) is 1. The Morgan fingerprint density at radius 1 is 1.33 bits per heavy atom. The van der Waals surface area contributed by atoms with E-state index in [0.29, 0.717) is 0 Å². The topological polar surface area (TPSA) is 38.3 Å². The van der Waals surface area contributed by atoms with Crippen LogP contribution in [-0.2, 0) is 4.79 Å². The molecule has 3 nitrogen and oxygen atoms in total. The lowest BCUT2D eigenvalue weighted by atomic mass is 10.0. The van der Waals surface area contributed by atoms with Gasteiger partial charge in [-0.2, -0.15) is 0 Å². The number of para-hydroxylation sites is 1. The third kappa shape index (κ3) is 3.00. The third-order valence-corrected chi connectivity index (χ3v) is 2.67. The standard InChI is InChI=1S/C15H17NO2/c1-12-7-6-10-15(11-12,16-13(2)17)18-14-8-4-3-5-9-14/h3-6,8-11H,7H2,1-2H3,(H,16,17). The zero-order valence-corrected chi connectivity index (χ0v) is 10.6. The van der Waals surface area contributed by atoms with Crippen LogP contribution in [0, 0.1) is 0 Å². The van der Waals surface area contributed by atoms with Gasteiger partial charge in [-0.3, -0.25) is 4.79 Å². The lowest BCUT2D eigenvalue weighted by molar-refractivity contribution is -0.122. The van der Waals surface area contributed by atoms with Crippen molar-refractivity contribution in [2.45, 2.75) is 26.0 Å². The Morgan fingerprint density at radius 2 is 2.06 bits per heavy atom. The van der Waals surface area contributed by atoms with E-state index in [4.69, 9.17) is 4.74 Å². The second-order valence-corrected chi connectivity index (χ2v) is 4.49. The van der Waals surface area contributed by atoms with Crippen molar-refractivity contribution >= 4 is 5.91 Å². The van der Waals surface area contributed by atoms with Gasteiger partial charge in [-0.25, -0.2) is 0 Å². The number of amides is 1. The molecule has 0 bridgehead atoms. The Morgan fingerprint density at radius 3 is 2.67 bits per heavy atom. The number of benzene rings is 1. The monoisotopic (exact) mass is 243 g/mol. The molecule has 1 atom stereocenters. The van der Waals surface area contributed by atoms with E-state index in [1.807, 2.05) is 55.5 Å². The first-order valence-corrected chi connectivity index (χ1v) is 5.98. The number of carbonyl (C=O) groups is 1. The van der Waals surface area contributed by atoms with Gasteiger partial charge in [-0.1, -0.05) is 29.8 Å². The summed E-state index contributed by atoms with van der Waals surface area (Å²) in [4.78, 5) is 11.4. The van der Waals surface area contributed by atoms with E-state index in [1.165, 1.54) is 12.5 Å². The lowest BCUT2D eigenvalue weighted by Crippen LogP contribution is -2.50. The summed E-state index contributed by atoms with van der Waals surface area (Å²) in [5.41, 5.74) is 0.303. The van der Waals surface area contributed by atoms with Crippen molar-refractivity contribution in [3.63, 3.8) is 0 Å². The quantitative estimate of drug-likeness (QED) is 0.655. The van der Waals surface area contributed by atoms with Gasteiger partial charge < -0.3 is 10.1 Å². The van der Waals surface area contributed by atoms with E-state index in [0.717, 1.165) is 12.2 Å². The normalized spacial score (nSPS) is 22.2. The van der Waals surface area contributed by atoms with Crippen molar-refractivity contribution in [3.8, 4) is 5.75 Å². The Hall–Kier alpha value is -2.03. The average molecular weight is 243 g/mol. The minimum absolute atomic E-state index is 0.124. The summed E-state index contributed by atoms with van der Waals surface area (Å²) in [6.45, 7) is 3.51. The molecule has 0 heterocycles. The smallest absolute Gasteiger partial charge is 0.221 e. The molecule has 1 aromatic rings. The molecule has 0 spiro atoms. The molecule has 0 saturated heterocycles. The van der Waals surface area contributed by atoms with Crippen molar-refractivity contribution in [2.24, 2.45) is 0 Å². The molecule has 1 unspecified atom stereocenters. The van der Waals surface area contributed by atoms with Gasteiger partial charge in [0.2, 0.25) is 11.6 Å². The average Bonchev–Trinajstić information content (AvgIpc) is 2.28. The number of nitrogens with one attached hydrogen (secondary N) is 1. The maximum atomic E-state index is 11.4. The molecule has 1 N–H and O–H groups in total. The molecule has 18 heavy (non-hydrogen) atoms. The van der Waals surface area contributed by atoms with Gasteiger partial charge in [-0.15, -0.1) is 0 Å². The predicted octanol–water partition coefficient (Wildman–Crippen LogP) is 2.80. The summed E-state index contributed by atoms with van der Waals surface area (Å²) in [5.74, 6) is 0.600. The van der Waals surface area contributed by atoms with Crippen LogP contribution >= 0.6 is 0 Å². The summed E-state index contributed by atoms with van der Waals surface area (Å²) in [6.07, 6.45) is 6.73. The number of hydrogen-bond donors (Lipinski definition) is 1. The Kier molecular flexibility index (Phi) is 3.51. The van der Waals surface area contributed by atoms with Crippen LogP contribution in [0.4, 0.5) is 0 Å². The van der Waals surface area contributed by atoms with E-state index in [1.54, 1.807) is 0 Å². The van der Waals surface area contributed by atoms with Crippen LogP contribution in [0.2, 0.25) is 0 Å². The molecule has 1 aromatic carbocycles. The van der Waals surface area contributed by atoms with Gasteiger partial charge in [0.05, 0.1) is 0 Å². The van der Waals surface area contributed by atoms with E-state index < -0.39 is 5.72 Å². The maximum Gasteiger partial charge on any atom is 0.221 e. The largest absolute Gasteiger partial charge is 0.461 e. The minimum atomic E-state index is -0.866. The first-order chi connectivity index (χ1) is 8.60. The Labute approximate surface area is 107 Å². The zero-order valence-electron chi connectivity index (χ0n) is 10.6. The van der Waals surface area contributed by atoms with Crippen LogP contribution in [0.15, 0.2) is 54.1 Å². The SMILES string of the molecule is CC(=O)NC1(Oc2ccccc2)C=CCC(C)=C1. The molecule has 94 valence electrons. The number of carbonyl (C=O) groups excluding carboxylic acids is 1. The van der Waals surface area contributed by atoms with Gasteiger partial charge in [0.25, 0.3) is 0 Å². The number of hydrogen-bond acceptors (Lipinski definition) is 2. The molecule has 1 aliphatic carbocycles. The summed E-state index contributed by atoms with van der Waals surface area (Å²) in [6, 6.07) is 9.47.